The normalized spacial score (nSPS) is 10.4. The molecule has 1 aromatic carbocycles. The molecule has 0 atom stereocenters. The van der Waals surface area contributed by atoms with Crippen molar-refractivity contribution >= 4 is 28.6 Å². The van der Waals surface area contributed by atoms with Crippen LogP contribution in [0.25, 0.3) is 10.9 Å². The molecule has 0 radical (unpaired) electrons. The Morgan fingerprint density at radius 2 is 2.05 bits per heavy atom. The van der Waals surface area contributed by atoms with E-state index in [-0.39, 0.29) is 12.1 Å². The zero-order valence-corrected chi connectivity index (χ0v) is 11.0. The van der Waals surface area contributed by atoms with E-state index in [0.717, 1.165) is 0 Å². The van der Waals surface area contributed by atoms with Crippen molar-refractivity contribution in [3.05, 3.63) is 35.9 Å². The first-order valence-corrected chi connectivity index (χ1v) is 6.19. The average molecular weight is 273 g/mol. The number of benzene rings is 1. The van der Waals surface area contributed by atoms with Crippen LogP contribution in [0.2, 0.25) is 0 Å². The quantitative estimate of drug-likeness (QED) is 0.854. The molecule has 2 rings (SSSR count). The second-order valence-electron chi connectivity index (χ2n) is 4.33. The fraction of sp³-hybridized carbons (Fsp3) is 0.214. The van der Waals surface area contributed by atoms with Crippen molar-refractivity contribution in [2.45, 2.75) is 6.92 Å². The number of nitrogens with zero attached hydrogens (tertiary/aromatic N) is 2. The summed E-state index contributed by atoms with van der Waals surface area (Å²) < 4.78 is 0. The molecule has 0 fully saturated rings. The van der Waals surface area contributed by atoms with Crippen molar-refractivity contribution in [3.8, 4) is 0 Å². The van der Waals surface area contributed by atoms with Gasteiger partial charge in [0.2, 0.25) is 5.91 Å². The molecule has 0 aliphatic rings. The van der Waals surface area contributed by atoms with Gasteiger partial charge in [-0.2, -0.15) is 0 Å². The van der Waals surface area contributed by atoms with Crippen molar-refractivity contribution in [2.24, 2.45) is 5.73 Å². The largest absolute Gasteiger partial charge is 0.478 e. The first-order valence-electron chi connectivity index (χ1n) is 6.19. The number of anilines is 1. The molecule has 0 aliphatic heterocycles. The summed E-state index contributed by atoms with van der Waals surface area (Å²) in [6.45, 7) is 2.36. The van der Waals surface area contributed by atoms with Gasteiger partial charge in [-0.25, -0.2) is 9.78 Å². The van der Waals surface area contributed by atoms with Crippen LogP contribution in [-0.2, 0) is 4.79 Å². The lowest BCUT2D eigenvalue weighted by Gasteiger charge is -2.21. The number of carbonyl (C=O) groups is 2. The predicted molar refractivity (Wildman–Crippen MR) is 75.8 cm³/mol. The Morgan fingerprint density at radius 3 is 2.65 bits per heavy atom. The van der Waals surface area contributed by atoms with Crippen LogP contribution >= 0.6 is 0 Å². The van der Waals surface area contributed by atoms with Gasteiger partial charge in [0.05, 0.1) is 17.6 Å². The number of para-hydroxylation sites is 1. The first-order chi connectivity index (χ1) is 9.52. The first kappa shape index (κ1) is 13.8. The Balaban J connectivity index is 2.59. The third-order valence-corrected chi connectivity index (χ3v) is 2.99. The zero-order chi connectivity index (χ0) is 14.7. The van der Waals surface area contributed by atoms with Gasteiger partial charge in [-0.1, -0.05) is 18.2 Å². The molecule has 0 saturated heterocycles. The number of nitrogens with two attached hydrogens (primary N) is 1. The van der Waals surface area contributed by atoms with Crippen LogP contribution in [-0.4, -0.2) is 35.1 Å². The second kappa shape index (κ2) is 5.56. The lowest BCUT2D eigenvalue weighted by atomic mass is 10.1. The van der Waals surface area contributed by atoms with Crippen molar-refractivity contribution < 1.29 is 14.7 Å². The Morgan fingerprint density at radius 1 is 1.35 bits per heavy atom. The van der Waals surface area contributed by atoms with Crippen LogP contribution in [0.3, 0.4) is 0 Å². The van der Waals surface area contributed by atoms with E-state index < -0.39 is 11.9 Å². The number of amides is 1. The van der Waals surface area contributed by atoms with Crippen LogP contribution in [0, 0.1) is 0 Å². The van der Waals surface area contributed by atoms with Crippen LogP contribution in [0.15, 0.2) is 30.3 Å². The minimum absolute atomic E-state index is 0.000892. The number of likely N-dealkylation sites (N-methyl/N-ethyl adjacent to an activating group) is 1. The number of hydrogen-bond acceptors (Lipinski definition) is 4. The Labute approximate surface area is 115 Å². The van der Waals surface area contributed by atoms with Gasteiger partial charge in [0.1, 0.15) is 5.82 Å². The molecule has 0 spiro atoms. The van der Waals surface area contributed by atoms with E-state index in [1.54, 1.807) is 29.2 Å². The highest BCUT2D eigenvalue weighted by atomic mass is 16.4. The topological polar surface area (TPSA) is 96.5 Å². The van der Waals surface area contributed by atoms with E-state index in [1.807, 2.05) is 6.92 Å². The molecule has 6 nitrogen and oxygen atoms in total. The van der Waals surface area contributed by atoms with Crippen molar-refractivity contribution in [3.63, 3.8) is 0 Å². The summed E-state index contributed by atoms with van der Waals surface area (Å²) in [6, 6.07) is 8.46. The number of carbonyl (C=O) groups excluding carboxylic acids is 1. The van der Waals surface area contributed by atoms with Crippen LogP contribution in [0.5, 0.6) is 0 Å². The number of carboxylic acids is 1. The SMILES string of the molecule is CCN(CC(N)=O)c1cc(C(=O)O)c2ccccc2n1. The lowest BCUT2D eigenvalue weighted by molar-refractivity contribution is -0.116. The van der Waals surface area contributed by atoms with Gasteiger partial charge in [-0.3, -0.25) is 4.79 Å². The van der Waals surface area contributed by atoms with Gasteiger partial charge < -0.3 is 15.7 Å². The van der Waals surface area contributed by atoms with Crippen molar-refractivity contribution in [2.75, 3.05) is 18.0 Å². The summed E-state index contributed by atoms with van der Waals surface area (Å²) in [7, 11) is 0. The highest BCUT2D eigenvalue weighted by molar-refractivity contribution is 6.03. The van der Waals surface area contributed by atoms with Crippen LogP contribution in [0.4, 0.5) is 5.82 Å². The van der Waals surface area contributed by atoms with E-state index in [2.05, 4.69) is 4.98 Å². The molecule has 20 heavy (non-hydrogen) atoms. The maximum atomic E-state index is 11.4. The summed E-state index contributed by atoms with van der Waals surface area (Å²) >= 11 is 0. The summed E-state index contributed by atoms with van der Waals surface area (Å²) in [5.41, 5.74) is 5.93. The number of carboxylic acid groups (broad SMARTS) is 1. The minimum Gasteiger partial charge on any atom is -0.478 e. The Bertz CT molecular complexity index is 670. The molecule has 104 valence electrons. The van der Waals surface area contributed by atoms with Crippen molar-refractivity contribution in [1.29, 1.82) is 0 Å². The lowest BCUT2D eigenvalue weighted by Crippen LogP contribution is -2.34. The number of primary amides is 1. The molecule has 1 aromatic heterocycles. The summed E-state index contributed by atoms with van der Waals surface area (Å²) in [4.78, 5) is 28.5. The van der Waals surface area contributed by atoms with E-state index in [0.29, 0.717) is 23.3 Å². The monoisotopic (exact) mass is 273 g/mol. The zero-order valence-electron chi connectivity index (χ0n) is 11.0. The molecular formula is C14H15N3O3. The minimum atomic E-state index is -1.03. The van der Waals surface area contributed by atoms with E-state index in [9.17, 15) is 14.7 Å². The molecule has 1 heterocycles. The highest BCUT2D eigenvalue weighted by Crippen LogP contribution is 2.22. The Kier molecular flexibility index (Phi) is 3.84. The molecule has 1 amide bonds. The summed E-state index contributed by atoms with van der Waals surface area (Å²) in [6.07, 6.45) is 0. The number of aromatic carboxylic acids is 1. The number of rotatable bonds is 5. The Hall–Kier alpha value is -2.63. The summed E-state index contributed by atoms with van der Waals surface area (Å²) in [5.74, 6) is -1.08. The fourth-order valence-corrected chi connectivity index (χ4v) is 2.04. The number of pyridine rings is 1. The molecule has 2 aromatic rings. The molecule has 6 heteroatoms. The third-order valence-electron chi connectivity index (χ3n) is 2.99. The maximum absolute atomic E-state index is 11.4. The van der Waals surface area contributed by atoms with Crippen LogP contribution < -0.4 is 10.6 Å². The van der Waals surface area contributed by atoms with Gasteiger partial charge in [-0.15, -0.1) is 0 Å². The number of fused-ring (bicyclic) bond motifs is 1. The van der Waals surface area contributed by atoms with Crippen LogP contribution in [0.1, 0.15) is 17.3 Å². The predicted octanol–water partition coefficient (Wildman–Crippen LogP) is 1.24. The van der Waals surface area contributed by atoms with E-state index in [4.69, 9.17) is 5.73 Å². The van der Waals surface area contributed by atoms with Gasteiger partial charge in [0.15, 0.2) is 0 Å². The van der Waals surface area contributed by atoms with Crippen molar-refractivity contribution in [1.82, 2.24) is 4.98 Å². The molecule has 3 N–H and O–H groups in total. The standard InChI is InChI=1S/C14H15N3O3/c1-2-17(8-12(15)18)13-7-10(14(19)20)9-5-3-4-6-11(9)16-13/h3-7H,2,8H2,1H3,(H2,15,18)(H,19,20). The average Bonchev–Trinajstić information content (AvgIpc) is 2.43. The van der Waals surface area contributed by atoms with E-state index >= 15 is 0 Å². The molecule has 0 unspecified atom stereocenters. The number of aromatic nitrogens is 1. The number of hydrogen-bond donors (Lipinski definition) is 2. The molecule has 0 bridgehead atoms. The van der Waals surface area contributed by atoms with E-state index in [1.165, 1.54) is 6.07 Å². The summed E-state index contributed by atoms with van der Waals surface area (Å²) in [5, 5.41) is 9.87. The highest BCUT2D eigenvalue weighted by Gasteiger charge is 2.15. The van der Waals surface area contributed by atoms with Gasteiger partial charge in [0.25, 0.3) is 0 Å². The van der Waals surface area contributed by atoms with Gasteiger partial charge >= 0.3 is 5.97 Å². The fourth-order valence-electron chi connectivity index (χ4n) is 2.04. The second-order valence-corrected chi connectivity index (χ2v) is 4.33. The maximum Gasteiger partial charge on any atom is 0.336 e. The molecule has 0 saturated carbocycles. The third kappa shape index (κ3) is 2.69. The van der Waals surface area contributed by atoms with Gasteiger partial charge in [0, 0.05) is 11.9 Å². The van der Waals surface area contributed by atoms with Gasteiger partial charge in [-0.05, 0) is 19.1 Å². The smallest absolute Gasteiger partial charge is 0.336 e. The molecular weight excluding hydrogens is 258 g/mol. The molecule has 0 aliphatic carbocycles.